The number of fused-ring (bicyclic) bond motifs is 1. The maximum Gasteiger partial charge on any atom is 0.358 e. The van der Waals surface area contributed by atoms with E-state index >= 15 is 0 Å². The first-order valence-electron chi connectivity index (χ1n) is 6.93. The highest BCUT2D eigenvalue weighted by atomic mass is 16.6. The van der Waals surface area contributed by atoms with Gasteiger partial charge in [-0.3, -0.25) is 0 Å². The predicted molar refractivity (Wildman–Crippen MR) is 72.9 cm³/mol. The lowest BCUT2D eigenvalue weighted by atomic mass is 10.2. The maximum atomic E-state index is 12.0. The van der Waals surface area contributed by atoms with Crippen LogP contribution in [0.25, 0.3) is 0 Å². The van der Waals surface area contributed by atoms with E-state index in [4.69, 9.17) is 18.9 Å². The van der Waals surface area contributed by atoms with Crippen molar-refractivity contribution in [3.8, 4) is 11.5 Å². The van der Waals surface area contributed by atoms with Crippen molar-refractivity contribution in [2.45, 2.75) is 39.9 Å². The molecule has 0 unspecified atom stereocenters. The Morgan fingerprint density at radius 3 is 1.67 bits per heavy atom. The van der Waals surface area contributed by atoms with E-state index in [1.54, 1.807) is 13.8 Å². The first-order chi connectivity index (χ1) is 9.99. The van der Waals surface area contributed by atoms with Crippen LogP contribution in [0.3, 0.4) is 0 Å². The van der Waals surface area contributed by atoms with E-state index in [9.17, 15) is 9.59 Å². The number of rotatable bonds is 4. The van der Waals surface area contributed by atoms with Gasteiger partial charge < -0.3 is 23.9 Å². The molecule has 0 radical (unpaired) electrons. The van der Waals surface area contributed by atoms with Crippen LogP contribution < -0.4 is 9.47 Å². The molecule has 2 heterocycles. The summed E-state index contributed by atoms with van der Waals surface area (Å²) in [6, 6.07) is 0. The van der Waals surface area contributed by atoms with Crippen molar-refractivity contribution in [1.29, 1.82) is 0 Å². The minimum Gasteiger partial charge on any atom is -0.480 e. The van der Waals surface area contributed by atoms with Gasteiger partial charge in [-0.25, -0.2) is 9.59 Å². The molecule has 0 bridgehead atoms. The molecule has 21 heavy (non-hydrogen) atoms. The molecule has 0 spiro atoms. The number of hydrogen-bond acceptors (Lipinski definition) is 6. The van der Waals surface area contributed by atoms with Crippen molar-refractivity contribution in [3.05, 3.63) is 11.4 Å². The average Bonchev–Trinajstić information content (AvgIpc) is 2.78. The maximum absolute atomic E-state index is 12.0. The van der Waals surface area contributed by atoms with Gasteiger partial charge in [0.15, 0.2) is 22.9 Å². The second-order valence-corrected chi connectivity index (χ2v) is 4.62. The lowest BCUT2D eigenvalue weighted by molar-refractivity contribution is 0.0346. The Morgan fingerprint density at radius 2 is 1.33 bits per heavy atom. The summed E-state index contributed by atoms with van der Waals surface area (Å²) in [5, 5.41) is 0. The fourth-order valence-electron chi connectivity index (χ4n) is 1.95. The number of carbonyl (C=O) groups is 2. The van der Waals surface area contributed by atoms with Crippen molar-refractivity contribution in [3.63, 3.8) is 0 Å². The topological polar surface area (TPSA) is 86.9 Å². The van der Waals surface area contributed by atoms with Crippen LogP contribution in [0.2, 0.25) is 0 Å². The number of hydrogen-bond donors (Lipinski definition) is 1. The van der Waals surface area contributed by atoms with Gasteiger partial charge in [-0.05, 0) is 27.7 Å². The molecule has 7 nitrogen and oxygen atoms in total. The molecule has 7 heteroatoms. The zero-order valence-corrected chi connectivity index (χ0v) is 12.5. The molecule has 1 aromatic heterocycles. The van der Waals surface area contributed by atoms with Gasteiger partial charge in [0.05, 0.1) is 13.2 Å². The van der Waals surface area contributed by atoms with Crippen LogP contribution in [0.1, 0.15) is 48.7 Å². The summed E-state index contributed by atoms with van der Waals surface area (Å²) in [6.45, 7) is 7.46. The third kappa shape index (κ3) is 2.81. The molecule has 0 amide bonds. The van der Waals surface area contributed by atoms with E-state index in [1.165, 1.54) is 0 Å². The number of aromatic amines is 1. The van der Waals surface area contributed by atoms with E-state index in [0.29, 0.717) is 0 Å². The van der Waals surface area contributed by atoms with Crippen LogP contribution in [-0.2, 0) is 9.47 Å². The monoisotopic (exact) mass is 297 g/mol. The van der Waals surface area contributed by atoms with E-state index in [2.05, 4.69) is 4.98 Å². The molecule has 0 aromatic carbocycles. The molecule has 116 valence electrons. The van der Waals surface area contributed by atoms with Gasteiger partial charge >= 0.3 is 11.9 Å². The Morgan fingerprint density at radius 1 is 0.952 bits per heavy atom. The predicted octanol–water partition coefficient (Wildman–Crippen LogP) is 1.92. The first kappa shape index (κ1) is 15.2. The number of carbonyl (C=O) groups excluding carboxylic acids is 2. The lowest BCUT2D eigenvalue weighted by Gasteiger charge is -2.28. The normalized spacial score (nSPS) is 20.0. The average molecular weight is 297 g/mol. The number of H-pyrrole nitrogens is 1. The Balaban J connectivity index is 2.46. The number of ether oxygens (including phenoxy) is 4. The second kappa shape index (κ2) is 6.07. The van der Waals surface area contributed by atoms with Crippen molar-refractivity contribution in [2.24, 2.45) is 0 Å². The van der Waals surface area contributed by atoms with Gasteiger partial charge in [0.25, 0.3) is 0 Å². The summed E-state index contributed by atoms with van der Waals surface area (Å²) in [6.07, 6.45) is -0.506. The highest BCUT2D eigenvalue weighted by Crippen LogP contribution is 2.41. The van der Waals surface area contributed by atoms with E-state index < -0.39 is 11.9 Å². The molecule has 2 rings (SSSR count). The molecule has 2 atom stereocenters. The summed E-state index contributed by atoms with van der Waals surface area (Å²) >= 11 is 0. The van der Waals surface area contributed by atoms with Gasteiger partial charge in [0.1, 0.15) is 12.2 Å². The van der Waals surface area contributed by atoms with Gasteiger partial charge in [0, 0.05) is 0 Å². The molecule has 1 aliphatic rings. The number of nitrogens with one attached hydrogen (secondary N) is 1. The molecule has 1 aliphatic heterocycles. The largest absolute Gasteiger partial charge is 0.480 e. The molecule has 0 aliphatic carbocycles. The summed E-state index contributed by atoms with van der Waals surface area (Å²) < 4.78 is 21.3. The summed E-state index contributed by atoms with van der Waals surface area (Å²) in [4.78, 5) is 26.6. The van der Waals surface area contributed by atoms with Crippen molar-refractivity contribution in [2.75, 3.05) is 13.2 Å². The molecular formula is C14H19NO6. The molecule has 0 saturated carbocycles. The first-order valence-corrected chi connectivity index (χ1v) is 6.93. The summed E-state index contributed by atoms with van der Waals surface area (Å²) in [5.41, 5.74) is 0.127. The Bertz CT molecular complexity index is 503. The molecule has 0 saturated heterocycles. The fourth-order valence-corrected chi connectivity index (χ4v) is 1.95. The van der Waals surface area contributed by atoms with E-state index in [1.807, 2.05) is 13.8 Å². The van der Waals surface area contributed by atoms with Crippen LogP contribution in [-0.4, -0.2) is 42.3 Å². The standard InChI is InChI=1S/C14H19NO6/c1-5-18-13(16)9-11-12(21-8(4)7(3)20-11)10(15-9)14(17)19-6-2/h7-8,15H,5-6H2,1-4H3/t7-,8-/m0/s1. The zero-order chi connectivity index (χ0) is 15.6. The van der Waals surface area contributed by atoms with E-state index in [-0.39, 0.29) is 48.3 Å². The van der Waals surface area contributed by atoms with E-state index in [0.717, 1.165) is 0 Å². The number of esters is 2. The van der Waals surface area contributed by atoms with Crippen LogP contribution in [0.5, 0.6) is 11.5 Å². The van der Waals surface area contributed by atoms with Crippen LogP contribution >= 0.6 is 0 Å². The van der Waals surface area contributed by atoms with Crippen molar-refractivity contribution >= 4 is 11.9 Å². The Hall–Kier alpha value is -2.18. The molecule has 0 fully saturated rings. The van der Waals surface area contributed by atoms with Crippen molar-refractivity contribution < 1.29 is 28.5 Å². The van der Waals surface area contributed by atoms with Crippen molar-refractivity contribution in [1.82, 2.24) is 4.98 Å². The highest BCUT2D eigenvalue weighted by molar-refractivity contribution is 5.99. The van der Waals surface area contributed by atoms with Crippen LogP contribution in [0, 0.1) is 0 Å². The SMILES string of the molecule is CCOC(=O)c1[nH]c(C(=O)OCC)c2c1O[C@@H](C)[C@H](C)O2. The Kier molecular flexibility index (Phi) is 4.40. The zero-order valence-electron chi connectivity index (χ0n) is 12.5. The quantitative estimate of drug-likeness (QED) is 0.854. The Labute approximate surface area is 122 Å². The van der Waals surface area contributed by atoms with Crippen LogP contribution in [0.4, 0.5) is 0 Å². The van der Waals surface area contributed by atoms with Crippen LogP contribution in [0.15, 0.2) is 0 Å². The number of aromatic nitrogens is 1. The van der Waals surface area contributed by atoms with Gasteiger partial charge in [-0.2, -0.15) is 0 Å². The smallest absolute Gasteiger partial charge is 0.358 e. The van der Waals surface area contributed by atoms with Gasteiger partial charge in [-0.15, -0.1) is 0 Å². The molecule has 1 N–H and O–H groups in total. The molecule has 1 aromatic rings. The highest BCUT2D eigenvalue weighted by Gasteiger charge is 2.36. The van der Waals surface area contributed by atoms with Gasteiger partial charge in [0.2, 0.25) is 0 Å². The third-order valence-electron chi connectivity index (χ3n) is 3.14. The minimum atomic E-state index is -0.602. The fraction of sp³-hybridized carbons (Fsp3) is 0.571. The second-order valence-electron chi connectivity index (χ2n) is 4.62. The lowest BCUT2D eigenvalue weighted by Crippen LogP contribution is -2.35. The summed E-state index contributed by atoms with van der Waals surface area (Å²) in [7, 11) is 0. The molecular weight excluding hydrogens is 278 g/mol. The summed E-state index contributed by atoms with van der Waals surface area (Å²) in [5.74, 6) is -0.812. The minimum absolute atomic E-state index is 0.0636. The third-order valence-corrected chi connectivity index (χ3v) is 3.14. The van der Waals surface area contributed by atoms with Gasteiger partial charge in [-0.1, -0.05) is 0 Å².